The number of rotatable bonds is 8. The first-order valence-electron chi connectivity index (χ1n) is 9.87. The molecule has 3 aromatic heterocycles. The molecule has 1 amide bonds. The van der Waals surface area contributed by atoms with Gasteiger partial charge in [0.25, 0.3) is 5.91 Å². The fourth-order valence-electron chi connectivity index (χ4n) is 2.84. The zero-order chi connectivity index (χ0) is 21.3. The standard InChI is InChI=1S/C20H26N8O2/c1-20(2,22-4)27-18(29)13-11-24-28-16(21-3)10-15(26-17(13)28)25-14-6-5-9-23-19(14)30-12-7-8-12/h5-6,9-12,21-22H,7-8H2,1-4H3,(H,25,26)(H,27,29). The summed E-state index contributed by atoms with van der Waals surface area (Å²) in [6, 6.07) is 5.53. The van der Waals surface area contributed by atoms with E-state index in [0.29, 0.717) is 34.4 Å². The van der Waals surface area contributed by atoms with E-state index in [2.05, 4.69) is 36.3 Å². The van der Waals surface area contributed by atoms with Crippen molar-refractivity contribution in [2.45, 2.75) is 38.5 Å². The molecule has 158 valence electrons. The number of ether oxygens (including phenoxy) is 1. The second kappa shape index (κ2) is 7.79. The number of nitrogens with one attached hydrogen (secondary N) is 4. The Morgan fingerprint density at radius 2 is 2.10 bits per heavy atom. The van der Waals surface area contributed by atoms with E-state index in [0.717, 1.165) is 12.8 Å². The highest BCUT2D eigenvalue weighted by Crippen LogP contribution is 2.32. The molecule has 0 bridgehead atoms. The predicted octanol–water partition coefficient (Wildman–Crippen LogP) is 2.14. The molecule has 1 fully saturated rings. The Kier molecular flexibility index (Phi) is 5.17. The highest BCUT2D eigenvalue weighted by molar-refractivity contribution is 6.00. The van der Waals surface area contributed by atoms with Crippen LogP contribution in [-0.2, 0) is 0 Å². The largest absolute Gasteiger partial charge is 0.473 e. The number of carbonyl (C=O) groups excluding carboxylic acids is 1. The summed E-state index contributed by atoms with van der Waals surface area (Å²) in [7, 11) is 3.57. The summed E-state index contributed by atoms with van der Waals surface area (Å²) in [6.45, 7) is 3.75. The molecular formula is C20H26N8O2. The van der Waals surface area contributed by atoms with Crippen LogP contribution in [0.4, 0.5) is 17.3 Å². The number of nitrogens with zero attached hydrogens (tertiary/aromatic N) is 4. The third-order valence-corrected chi connectivity index (χ3v) is 4.86. The van der Waals surface area contributed by atoms with Crippen molar-refractivity contribution >= 4 is 28.9 Å². The Bertz CT molecular complexity index is 1070. The number of pyridine rings is 1. The van der Waals surface area contributed by atoms with Crippen LogP contribution in [0.1, 0.15) is 37.0 Å². The van der Waals surface area contributed by atoms with E-state index < -0.39 is 5.66 Å². The number of hydrogen-bond acceptors (Lipinski definition) is 8. The summed E-state index contributed by atoms with van der Waals surface area (Å²) in [5, 5.41) is 16.7. The summed E-state index contributed by atoms with van der Waals surface area (Å²) < 4.78 is 7.48. The number of carbonyl (C=O) groups is 1. The van der Waals surface area contributed by atoms with Gasteiger partial charge in [0.1, 0.15) is 29.0 Å². The summed E-state index contributed by atoms with van der Waals surface area (Å²) in [4.78, 5) is 21.8. The molecule has 0 radical (unpaired) electrons. The van der Waals surface area contributed by atoms with Crippen LogP contribution < -0.4 is 26.0 Å². The van der Waals surface area contributed by atoms with Crippen molar-refractivity contribution in [2.24, 2.45) is 0 Å². The van der Waals surface area contributed by atoms with Gasteiger partial charge < -0.3 is 20.7 Å². The molecule has 1 aliphatic rings. The monoisotopic (exact) mass is 410 g/mol. The summed E-state index contributed by atoms with van der Waals surface area (Å²) >= 11 is 0. The van der Waals surface area contributed by atoms with E-state index in [1.807, 2.05) is 32.0 Å². The van der Waals surface area contributed by atoms with Crippen LogP contribution in [0.3, 0.4) is 0 Å². The lowest BCUT2D eigenvalue weighted by molar-refractivity contribution is 0.0903. The highest BCUT2D eigenvalue weighted by Gasteiger charge is 2.26. The quantitative estimate of drug-likeness (QED) is 0.417. The van der Waals surface area contributed by atoms with E-state index in [4.69, 9.17) is 4.74 Å². The minimum atomic E-state index is -0.572. The van der Waals surface area contributed by atoms with Gasteiger partial charge in [-0.2, -0.15) is 9.61 Å². The molecule has 0 unspecified atom stereocenters. The normalized spacial score (nSPS) is 13.9. The summed E-state index contributed by atoms with van der Waals surface area (Å²) in [6.07, 6.45) is 5.52. The fraction of sp³-hybridized carbons (Fsp3) is 0.400. The van der Waals surface area contributed by atoms with Crippen molar-refractivity contribution in [1.82, 2.24) is 30.2 Å². The molecule has 0 aliphatic heterocycles. The molecule has 30 heavy (non-hydrogen) atoms. The zero-order valence-electron chi connectivity index (χ0n) is 17.5. The van der Waals surface area contributed by atoms with Gasteiger partial charge in [0.15, 0.2) is 5.65 Å². The van der Waals surface area contributed by atoms with Crippen LogP contribution >= 0.6 is 0 Å². The van der Waals surface area contributed by atoms with Crippen molar-refractivity contribution in [3.05, 3.63) is 36.2 Å². The van der Waals surface area contributed by atoms with Gasteiger partial charge in [-0.3, -0.25) is 10.1 Å². The third kappa shape index (κ3) is 4.13. The molecule has 0 atom stereocenters. The van der Waals surface area contributed by atoms with Crippen LogP contribution in [-0.4, -0.2) is 51.4 Å². The van der Waals surface area contributed by atoms with E-state index in [1.54, 1.807) is 24.8 Å². The Labute approximate surface area is 174 Å². The molecule has 0 spiro atoms. The zero-order valence-corrected chi connectivity index (χ0v) is 17.5. The maximum absolute atomic E-state index is 12.8. The first kappa shape index (κ1) is 19.9. The number of fused-ring (bicyclic) bond motifs is 1. The molecule has 1 aliphatic carbocycles. The SMILES string of the molecule is CNc1cc(Nc2cccnc2OC2CC2)nc2c(C(=O)NC(C)(C)NC)cnn12. The second-order valence-electron chi connectivity index (χ2n) is 7.70. The van der Waals surface area contributed by atoms with Gasteiger partial charge >= 0.3 is 0 Å². The van der Waals surface area contributed by atoms with E-state index in [9.17, 15) is 4.79 Å². The number of hydrogen-bond donors (Lipinski definition) is 4. The van der Waals surface area contributed by atoms with Gasteiger partial charge in [-0.15, -0.1) is 0 Å². The van der Waals surface area contributed by atoms with Crippen molar-refractivity contribution in [1.29, 1.82) is 0 Å². The van der Waals surface area contributed by atoms with E-state index >= 15 is 0 Å². The van der Waals surface area contributed by atoms with Gasteiger partial charge in [0.2, 0.25) is 5.88 Å². The molecule has 3 aromatic rings. The Morgan fingerprint density at radius 1 is 1.30 bits per heavy atom. The predicted molar refractivity (Wildman–Crippen MR) is 114 cm³/mol. The van der Waals surface area contributed by atoms with E-state index in [1.165, 1.54) is 6.20 Å². The first-order valence-corrected chi connectivity index (χ1v) is 9.87. The average molecular weight is 410 g/mol. The Hall–Kier alpha value is -3.40. The van der Waals surface area contributed by atoms with Crippen LogP contribution in [0, 0.1) is 0 Å². The minimum Gasteiger partial charge on any atom is -0.473 e. The highest BCUT2D eigenvalue weighted by atomic mass is 16.5. The van der Waals surface area contributed by atoms with Crippen LogP contribution in [0.15, 0.2) is 30.6 Å². The first-order chi connectivity index (χ1) is 14.4. The maximum Gasteiger partial charge on any atom is 0.258 e. The van der Waals surface area contributed by atoms with Gasteiger partial charge in [-0.25, -0.2) is 9.97 Å². The van der Waals surface area contributed by atoms with Crippen molar-refractivity contribution in [3.63, 3.8) is 0 Å². The van der Waals surface area contributed by atoms with Gasteiger partial charge in [-0.05, 0) is 45.9 Å². The maximum atomic E-state index is 12.8. The van der Waals surface area contributed by atoms with Gasteiger partial charge in [0, 0.05) is 19.3 Å². The van der Waals surface area contributed by atoms with E-state index in [-0.39, 0.29) is 12.0 Å². The lowest BCUT2D eigenvalue weighted by Crippen LogP contribution is -2.52. The number of anilines is 3. The van der Waals surface area contributed by atoms with Crippen molar-refractivity contribution < 1.29 is 9.53 Å². The summed E-state index contributed by atoms with van der Waals surface area (Å²) in [5.41, 5.74) is 0.948. The average Bonchev–Trinajstić information content (AvgIpc) is 3.44. The molecule has 3 heterocycles. The number of aromatic nitrogens is 4. The molecule has 4 N–H and O–H groups in total. The van der Waals surface area contributed by atoms with Gasteiger partial charge in [-0.1, -0.05) is 0 Å². The molecule has 4 rings (SSSR count). The fourth-order valence-corrected chi connectivity index (χ4v) is 2.84. The van der Waals surface area contributed by atoms with Crippen molar-refractivity contribution in [3.8, 4) is 5.88 Å². The lowest BCUT2D eigenvalue weighted by Gasteiger charge is -2.25. The molecular weight excluding hydrogens is 384 g/mol. The molecule has 10 heteroatoms. The minimum absolute atomic E-state index is 0.226. The molecule has 10 nitrogen and oxygen atoms in total. The summed E-state index contributed by atoms with van der Waals surface area (Å²) in [5.74, 6) is 1.50. The smallest absolute Gasteiger partial charge is 0.258 e. The topological polar surface area (TPSA) is 118 Å². The lowest BCUT2D eigenvalue weighted by atomic mass is 10.2. The molecule has 0 saturated heterocycles. The second-order valence-corrected chi connectivity index (χ2v) is 7.70. The van der Waals surface area contributed by atoms with Crippen molar-refractivity contribution in [2.75, 3.05) is 24.7 Å². The third-order valence-electron chi connectivity index (χ3n) is 4.86. The van der Waals surface area contributed by atoms with Crippen LogP contribution in [0.2, 0.25) is 0 Å². The molecule has 1 saturated carbocycles. The van der Waals surface area contributed by atoms with Crippen LogP contribution in [0.25, 0.3) is 5.65 Å². The molecule has 0 aromatic carbocycles. The van der Waals surface area contributed by atoms with Gasteiger partial charge in [0.05, 0.1) is 11.9 Å². The van der Waals surface area contributed by atoms with Crippen LogP contribution in [0.5, 0.6) is 5.88 Å². The Morgan fingerprint density at radius 3 is 2.80 bits per heavy atom. The number of amides is 1. The Balaban J connectivity index is 1.69.